The molecule has 0 unspecified atom stereocenters. The summed E-state index contributed by atoms with van der Waals surface area (Å²) in [4.78, 5) is 0. The van der Waals surface area contributed by atoms with Crippen LogP contribution in [0.25, 0.3) is 0 Å². The molecule has 1 heteroatoms. The summed E-state index contributed by atoms with van der Waals surface area (Å²) >= 11 is 0. The van der Waals surface area contributed by atoms with E-state index in [0.29, 0.717) is 5.41 Å². The molecule has 0 aromatic heterocycles. The standard InChI is InChI=1S/C12H23N/c1-11(2)6-9-13-10-12(3)7-4-5-8-12/h6,13H,4-5,7-10H2,1-3H3. The van der Waals surface area contributed by atoms with Crippen LogP contribution < -0.4 is 5.32 Å². The summed E-state index contributed by atoms with van der Waals surface area (Å²) in [5, 5.41) is 3.52. The first kappa shape index (κ1) is 10.8. The Labute approximate surface area is 82.6 Å². The summed E-state index contributed by atoms with van der Waals surface area (Å²) in [5.41, 5.74) is 2.00. The van der Waals surface area contributed by atoms with Crippen LogP contribution in [-0.4, -0.2) is 13.1 Å². The Kier molecular flexibility index (Phi) is 3.98. The highest BCUT2D eigenvalue weighted by atomic mass is 14.9. The van der Waals surface area contributed by atoms with Crippen molar-refractivity contribution >= 4 is 0 Å². The van der Waals surface area contributed by atoms with Crippen molar-refractivity contribution in [2.75, 3.05) is 13.1 Å². The van der Waals surface area contributed by atoms with Gasteiger partial charge in [0.15, 0.2) is 0 Å². The third kappa shape index (κ3) is 3.95. The first-order valence-corrected chi connectivity index (χ1v) is 5.46. The van der Waals surface area contributed by atoms with Crippen molar-refractivity contribution in [2.45, 2.75) is 46.5 Å². The lowest BCUT2D eigenvalue weighted by Crippen LogP contribution is -2.29. The number of hydrogen-bond donors (Lipinski definition) is 1. The Balaban J connectivity index is 2.15. The molecule has 1 aliphatic carbocycles. The van der Waals surface area contributed by atoms with Gasteiger partial charge in [-0.2, -0.15) is 0 Å². The highest BCUT2D eigenvalue weighted by Crippen LogP contribution is 2.36. The molecule has 0 aromatic carbocycles. The molecule has 0 heterocycles. The molecule has 0 bridgehead atoms. The largest absolute Gasteiger partial charge is 0.313 e. The van der Waals surface area contributed by atoms with Gasteiger partial charge in [0, 0.05) is 13.1 Å². The van der Waals surface area contributed by atoms with E-state index in [-0.39, 0.29) is 0 Å². The van der Waals surface area contributed by atoms with Crippen molar-refractivity contribution in [2.24, 2.45) is 5.41 Å². The normalized spacial score (nSPS) is 20.2. The lowest BCUT2D eigenvalue weighted by Gasteiger charge is -2.23. The summed E-state index contributed by atoms with van der Waals surface area (Å²) in [5.74, 6) is 0. The molecule has 1 N–H and O–H groups in total. The van der Waals surface area contributed by atoms with Crippen LogP contribution in [0, 0.1) is 5.41 Å². The average Bonchev–Trinajstić information content (AvgIpc) is 2.47. The van der Waals surface area contributed by atoms with Gasteiger partial charge in [-0.25, -0.2) is 0 Å². The van der Waals surface area contributed by atoms with Gasteiger partial charge in [-0.1, -0.05) is 31.4 Å². The topological polar surface area (TPSA) is 12.0 Å². The van der Waals surface area contributed by atoms with Gasteiger partial charge in [0.05, 0.1) is 0 Å². The van der Waals surface area contributed by atoms with Gasteiger partial charge < -0.3 is 5.32 Å². The Morgan fingerprint density at radius 3 is 2.46 bits per heavy atom. The summed E-state index contributed by atoms with van der Waals surface area (Å²) in [6.45, 7) is 8.95. The van der Waals surface area contributed by atoms with Crippen LogP contribution in [0.2, 0.25) is 0 Å². The molecule has 13 heavy (non-hydrogen) atoms. The first-order valence-electron chi connectivity index (χ1n) is 5.46. The van der Waals surface area contributed by atoms with Crippen LogP contribution in [0.3, 0.4) is 0 Å². The van der Waals surface area contributed by atoms with Crippen molar-refractivity contribution in [3.63, 3.8) is 0 Å². The molecule has 0 amide bonds. The monoisotopic (exact) mass is 181 g/mol. The van der Waals surface area contributed by atoms with E-state index >= 15 is 0 Å². The summed E-state index contributed by atoms with van der Waals surface area (Å²) in [6.07, 6.45) is 7.95. The number of allylic oxidation sites excluding steroid dienone is 1. The summed E-state index contributed by atoms with van der Waals surface area (Å²) < 4.78 is 0. The third-order valence-electron chi connectivity index (χ3n) is 3.02. The molecule has 0 saturated heterocycles. The highest BCUT2D eigenvalue weighted by molar-refractivity contribution is 4.95. The van der Waals surface area contributed by atoms with Gasteiger partial charge in [0.25, 0.3) is 0 Å². The maximum absolute atomic E-state index is 3.52. The molecule has 76 valence electrons. The average molecular weight is 181 g/mol. The van der Waals surface area contributed by atoms with Crippen molar-refractivity contribution in [3.8, 4) is 0 Å². The van der Waals surface area contributed by atoms with E-state index in [1.807, 2.05) is 0 Å². The lowest BCUT2D eigenvalue weighted by atomic mass is 9.89. The van der Waals surface area contributed by atoms with E-state index in [0.717, 1.165) is 6.54 Å². The van der Waals surface area contributed by atoms with Gasteiger partial charge in [0.2, 0.25) is 0 Å². The van der Waals surface area contributed by atoms with Crippen molar-refractivity contribution in [3.05, 3.63) is 11.6 Å². The van der Waals surface area contributed by atoms with Crippen molar-refractivity contribution in [1.29, 1.82) is 0 Å². The fourth-order valence-electron chi connectivity index (χ4n) is 2.06. The molecule has 0 aliphatic heterocycles. The van der Waals surface area contributed by atoms with E-state index in [1.54, 1.807) is 0 Å². The maximum Gasteiger partial charge on any atom is 0.0137 e. The van der Waals surface area contributed by atoms with Gasteiger partial charge in [0.1, 0.15) is 0 Å². The molecule has 0 spiro atoms. The second kappa shape index (κ2) is 4.80. The molecular formula is C12H23N. The molecule has 1 saturated carbocycles. The second-order valence-corrected chi connectivity index (χ2v) is 4.93. The summed E-state index contributed by atoms with van der Waals surface area (Å²) in [6, 6.07) is 0. The number of nitrogens with one attached hydrogen (secondary N) is 1. The van der Waals surface area contributed by atoms with Gasteiger partial charge in [-0.3, -0.25) is 0 Å². The minimum atomic E-state index is 0.593. The van der Waals surface area contributed by atoms with E-state index in [9.17, 15) is 0 Å². The van der Waals surface area contributed by atoms with Crippen LogP contribution in [0.1, 0.15) is 46.5 Å². The summed E-state index contributed by atoms with van der Waals surface area (Å²) in [7, 11) is 0. The Hall–Kier alpha value is -0.300. The SMILES string of the molecule is CC(C)=CCNCC1(C)CCCC1. The predicted molar refractivity (Wildman–Crippen MR) is 58.9 cm³/mol. The molecule has 1 fully saturated rings. The smallest absolute Gasteiger partial charge is 0.0137 e. The molecule has 1 aliphatic rings. The highest BCUT2D eigenvalue weighted by Gasteiger charge is 2.27. The van der Waals surface area contributed by atoms with Crippen LogP contribution in [0.4, 0.5) is 0 Å². The van der Waals surface area contributed by atoms with Crippen molar-refractivity contribution < 1.29 is 0 Å². The maximum atomic E-state index is 3.52. The van der Waals surface area contributed by atoms with E-state index in [4.69, 9.17) is 0 Å². The third-order valence-corrected chi connectivity index (χ3v) is 3.02. The zero-order chi connectivity index (χ0) is 9.73. The number of hydrogen-bond acceptors (Lipinski definition) is 1. The van der Waals surface area contributed by atoms with Crippen LogP contribution in [0.5, 0.6) is 0 Å². The predicted octanol–water partition coefficient (Wildman–Crippen LogP) is 3.12. The van der Waals surface area contributed by atoms with Gasteiger partial charge in [-0.05, 0) is 32.1 Å². The molecule has 0 radical (unpaired) electrons. The molecule has 0 aromatic rings. The minimum Gasteiger partial charge on any atom is -0.313 e. The van der Waals surface area contributed by atoms with Crippen LogP contribution in [0.15, 0.2) is 11.6 Å². The fraction of sp³-hybridized carbons (Fsp3) is 0.833. The Morgan fingerprint density at radius 1 is 1.31 bits per heavy atom. The van der Waals surface area contributed by atoms with E-state index < -0.39 is 0 Å². The first-order chi connectivity index (χ1) is 6.12. The fourth-order valence-corrected chi connectivity index (χ4v) is 2.06. The van der Waals surface area contributed by atoms with Gasteiger partial charge in [-0.15, -0.1) is 0 Å². The molecule has 0 atom stereocenters. The Morgan fingerprint density at radius 2 is 1.92 bits per heavy atom. The second-order valence-electron chi connectivity index (χ2n) is 4.93. The zero-order valence-electron chi connectivity index (χ0n) is 9.32. The minimum absolute atomic E-state index is 0.593. The number of rotatable bonds is 4. The molecule has 1 rings (SSSR count). The molecular weight excluding hydrogens is 158 g/mol. The van der Waals surface area contributed by atoms with Crippen LogP contribution >= 0.6 is 0 Å². The van der Waals surface area contributed by atoms with Crippen LogP contribution in [-0.2, 0) is 0 Å². The zero-order valence-corrected chi connectivity index (χ0v) is 9.32. The lowest BCUT2D eigenvalue weighted by molar-refractivity contribution is 0.321. The quantitative estimate of drug-likeness (QED) is 0.519. The van der Waals surface area contributed by atoms with E-state index in [1.165, 1.54) is 37.8 Å². The molecule has 1 nitrogen and oxygen atoms in total. The Bertz CT molecular complexity index is 172. The van der Waals surface area contributed by atoms with Crippen molar-refractivity contribution in [1.82, 2.24) is 5.32 Å². The van der Waals surface area contributed by atoms with E-state index in [2.05, 4.69) is 32.2 Å². The van der Waals surface area contributed by atoms with Gasteiger partial charge >= 0.3 is 0 Å².